The van der Waals surface area contributed by atoms with E-state index in [1.54, 1.807) is 0 Å². The Morgan fingerprint density at radius 2 is 2.11 bits per heavy atom. The van der Waals surface area contributed by atoms with E-state index in [-0.39, 0.29) is 11.4 Å². The maximum absolute atomic E-state index is 10.3. The number of alkyl halides is 2. The number of carbonyl (C=O) groups is 1. The van der Waals surface area contributed by atoms with Crippen LogP contribution in [-0.2, 0) is 4.79 Å². The summed E-state index contributed by atoms with van der Waals surface area (Å²) in [6, 6.07) is 0. The summed E-state index contributed by atoms with van der Waals surface area (Å²) in [5.74, 6) is -0.481. The molecule has 0 aromatic rings. The van der Waals surface area contributed by atoms with Crippen LogP contribution < -0.4 is 5.73 Å². The highest BCUT2D eigenvalue weighted by Gasteiger charge is 2.19. The van der Waals surface area contributed by atoms with Crippen LogP contribution in [0.2, 0.25) is 0 Å². The molecule has 0 saturated carbocycles. The van der Waals surface area contributed by atoms with Crippen LogP contribution in [0.5, 0.6) is 0 Å². The van der Waals surface area contributed by atoms with E-state index < -0.39 is 10.7 Å². The van der Waals surface area contributed by atoms with Gasteiger partial charge in [-0.15, -0.1) is 0 Å². The molecule has 0 spiro atoms. The predicted molar refractivity (Wildman–Crippen MR) is 41.7 cm³/mol. The number of rotatable bonds is 3. The lowest BCUT2D eigenvalue weighted by Gasteiger charge is -2.08. The zero-order valence-electron chi connectivity index (χ0n) is 4.55. The monoisotopic (exact) mass is 259 g/mol. The normalized spacial score (nSPS) is 16.8. The zero-order valence-corrected chi connectivity index (χ0v) is 7.72. The molecule has 0 aromatic carbocycles. The van der Waals surface area contributed by atoms with Gasteiger partial charge in [-0.25, -0.2) is 0 Å². The number of aliphatic hydroxyl groups is 1. The summed E-state index contributed by atoms with van der Waals surface area (Å²) in [6.45, 7) is -0.112. The zero-order chi connectivity index (χ0) is 7.44. The van der Waals surface area contributed by atoms with E-state index in [1.807, 2.05) is 0 Å². The first-order valence-corrected chi connectivity index (χ1v) is 4.11. The van der Waals surface area contributed by atoms with Gasteiger partial charge in [0.05, 0.1) is 11.4 Å². The highest BCUT2D eigenvalue weighted by Crippen LogP contribution is 2.12. The summed E-state index contributed by atoms with van der Waals surface area (Å²) in [5.41, 5.74) is 4.89. The molecule has 0 aliphatic rings. The van der Waals surface area contributed by atoms with E-state index in [9.17, 15) is 4.79 Å². The quantitative estimate of drug-likeness (QED) is 0.702. The summed E-state index contributed by atoms with van der Waals surface area (Å²) < 4.78 is 0. The van der Waals surface area contributed by atoms with Crippen molar-refractivity contribution in [3.8, 4) is 0 Å². The van der Waals surface area contributed by atoms with E-state index in [1.165, 1.54) is 0 Å². The Bertz CT molecular complexity index is 109. The van der Waals surface area contributed by atoms with Crippen LogP contribution in [0.4, 0.5) is 0 Å². The van der Waals surface area contributed by atoms with Crippen molar-refractivity contribution in [2.75, 3.05) is 6.61 Å². The lowest BCUT2D eigenvalue weighted by atomic mass is 10.3. The molecule has 0 bridgehead atoms. The molecule has 0 aliphatic heterocycles. The van der Waals surface area contributed by atoms with E-state index in [0.29, 0.717) is 0 Å². The second-order valence-corrected chi connectivity index (χ2v) is 3.67. The number of amides is 1. The van der Waals surface area contributed by atoms with E-state index in [2.05, 4.69) is 31.9 Å². The van der Waals surface area contributed by atoms with Gasteiger partial charge in [0.2, 0.25) is 5.91 Å². The molecule has 0 fully saturated rings. The minimum absolute atomic E-state index is 0.112. The molecule has 3 N–H and O–H groups in total. The average molecular weight is 261 g/mol. The molecule has 0 saturated heterocycles. The first-order valence-electron chi connectivity index (χ1n) is 2.28. The number of aliphatic hydroxyl groups excluding tert-OH is 1. The van der Waals surface area contributed by atoms with Crippen molar-refractivity contribution in [2.45, 2.75) is 9.65 Å². The van der Waals surface area contributed by atoms with Crippen LogP contribution in [0, 0.1) is 0 Å². The maximum atomic E-state index is 10.3. The lowest BCUT2D eigenvalue weighted by molar-refractivity contribution is -0.117. The van der Waals surface area contributed by atoms with Gasteiger partial charge in [0.25, 0.3) is 0 Å². The summed E-state index contributed by atoms with van der Waals surface area (Å²) in [6.07, 6.45) is 0. The second kappa shape index (κ2) is 4.24. The molecule has 54 valence electrons. The van der Waals surface area contributed by atoms with E-state index in [4.69, 9.17) is 10.8 Å². The van der Waals surface area contributed by atoms with E-state index >= 15 is 0 Å². The number of halogens is 2. The third-order valence-electron chi connectivity index (χ3n) is 0.764. The fourth-order valence-electron chi connectivity index (χ4n) is 0.271. The largest absolute Gasteiger partial charge is 0.395 e. The first-order chi connectivity index (χ1) is 4.09. The average Bonchev–Trinajstić information content (AvgIpc) is 1.84. The van der Waals surface area contributed by atoms with Gasteiger partial charge >= 0.3 is 0 Å². The SMILES string of the molecule is NC(=O)[C@@H](Br)[C@@H](Br)CO. The Kier molecular flexibility index (Phi) is 4.43. The van der Waals surface area contributed by atoms with Gasteiger partial charge < -0.3 is 10.8 Å². The molecule has 0 aromatic heterocycles. The molecule has 0 aliphatic carbocycles. The van der Waals surface area contributed by atoms with Crippen LogP contribution >= 0.6 is 31.9 Å². The Labute approximate surface area is 69.9 Å². The van der Waals surface area contributed by atoms with Gasteiger partial charge in [0.15, 0.2) is 0 Å². The van der Waals surface area contributed by atoms with Gasteiger partial charge in [-0.1, -0.05) is 31.9 Å². The van der Waals surface area contributed by atoms with Crippen molar-refractivity contribution in [2.24, 2.45) is 5.73 Å². The van der Waals surface area contributed by atoms with Gasteiger partial charge in [-0.05, 0) is 0 Å². The number of primary amides is 1. The summed E-state index contributed by atoms with van der Waals surface area (Å²) in [4.78, 5) is 9.54. The molecule has 2 atom stereocenters. The summed E-state index contributed by atoms with van der Waals surface area (Å²) >= 11 is 6.03. The molecule has 1 amide bonds. The molecule has 0 rings (SSSR count). The summed E-state index contributed by atoms with van der Waals surface area (Å²) in [5, 5.41) is 8.47. The molecule has 0 radical (unpaired) electrons. The highest BCUT2D eigenvalue weighted by molar-refractivity contribution is 9.12. The van der Waals surface area contributed by atoms with E-state index in [0.717, 1.165) is 0 Å². The van der Waals surface area contributed by atoms with Gasteiger partial charge in [0, 0.05) is 0 Å². The smallest absolute Gasteiger partial charge is 0.232 e. The van der Waals surface area contributed by atoms with Crippen LogP contribution in [0.1, 0.15) is 0 Å². The third-order valence-corrected chi connectivity index (χ3v) is 3.38. The molecular weight excluding hydrogens is 254 g/mol. The standard InChI is InChI=1S/C4H7Br2NO2/c5-2(1-8)3(6)4(7)9/h2-3,8H,1H2,(H2,7,9)/t2-,3-/m0/s1. The fraction of sp³-hybridized carbons (Fsp3) is 0.750. The number of carbonyl (C=O) groups excluding carboxylic acids is 1. The van der Waals surface area contributed by atoms with Crippen molar-refractivity contribution in [3.63, 3.8) is 0 Å². The second-order valence-electron chi connectivity index (χ2n) is 1.50. The van der Waals surface area contributed by atoms with Crippen LogP contribution in [-0.4, -0.2) is 27.3 Å². The fourth-order valence-corrected chi connectivity index (χ4v) is 0.698. The Balaban J connectivity index is 3.72. The van der Waals surface area contributed by atoms with Crippen molar-refractivity contribution in [1.29, 1.82) is 0 Å². The predicted octanol–water partition coefficient (Wildman–Crippen LogP) is -0.00900. The van der Waals surface area contributed by atoms with Crippen LogP contribution in [0.25, 0.3) is 0 Å². The minimum atomic E-state index is -0.498. The highest BCUT2D eigenvalue weighted by atomic mass is 79.9. The van der Waals surface area contributed by atoms with Gasteiger partial charge in [0.1, 0.15) is 4.83 Å². The van der Waals surface area contributed by atoms with Gasteiger partial charge in [-0.2, -0.15) is 0 Å². The first kappa shape index (κ1) is 9.39. The Morgan fingerprint density at radius 3 is 2.22 bits per heavy atom. The third kappa shape index (κ3) is 3.17. The molecule has 0 heterocycles. The summed E-state index contributed by atoms with van der Waals surface area (Å²) in [7, 11) is 0. The molecule has 3 nitrogen and oxygen atoms in total. The minimum Gasteiger partial charge on any atom is -0.395 e. The van der Waals surface area contributed by atoms with Crippen molar-refractivity contribution in [1.82, 2.24) is 0 Å². The Hall–Kier alpha value is 0.390. The lowest BCUT2D eigenvalue weighted by Crippen LogP contribution is -2.32. The van der Waals surface area contributed by atoms with Crippen molar-refractivity contribution in [3.05, 3.63) is 0 Å². The molecule has 0 unspecified atom stereocenters. The van der Waals surface area contributed by atoms with Crippen molar-refractivity contribution < 1.29 is 9.90 Å². The van der Waals surface area contributed by atoms with Crippen molar-refractivity contribution >= 4 is 37.8 Å². The van der Waals surface area contributed by atoms with Gasteiger partial charge in [-0.3, -0.25) is 4.79 Å². The topological polar surface area (TPSA) is 63.3 Å². The van der Waals surface area contributed by atoms with Crippen LogP contribution in [0.15, 0.2) is 0 Å². The van der Waals surface area contributed by atoms with Crippen LogP contribution in [0.3, 0.4) is 0 Å². The Morgan fingerprint density at radius 1 is 1.67 bits per heavy atom. The molecular formula is C4H7Br2NO2. The maximum Gasteiger partial charge on any atom is 0.232 e. The number of hydrogen-bond donors (Lipinski definition) is 2. The number of hydrogen-bond acceptors (Lipinski definition) is 2. The molecule has 9 heavy (non-hydrogen) atoms. The molecule has 5 heteroatoms. The number of nitrogens with two attached hydrogens (primary N) is 1.